The van der Waals surface area contributed by atoms with Gasteiger partial charge in [-0.3, -0.25) is 19.3 Å². The Hall–Kier alpha value is -1.71. The number of carbonyl (C=O) groups is 3. The minimum atomic E-state index is -0.777. The highest BCUT2D eigenvalue weighted by Crippen LogP contribution is 2.25. The first-order valence-corrected chi connectivity index (χ1v) is 12.9. The Morgan fingerprint density at radius 2 is 1.21 bits per heavy atom. The van der Waals surface area contributed by atoms with Crippen LogP contribution >= 0.6 is 0 Å². The molecule has 192 valence electrons. The third-order valence-electron chi connectivity index (χ3n) is 6.03. The number of hydrogen-bond donors (Lipinski definition) is 5. The van der Waals surface area contributed by atoms with E-state index >= 15 is 0 Å². The number of carbonyl (C=O) groups excluding carboxylic acids is 3. The van der Waals surface area contributed by atoms with Crippen molar-refractivity contribution in [3.63, 3.8) is 0 Å². The summed E-state index contributed by atoms with van der Waals surface area (Å²) in [7, 11) is 0. The second kappa shape index (κ2) is 17.7. The van der Waals surface area contributed by atoms with Crippen LogP contribution in [-0.2, 0) is 14.4 Å². The van der Waals surface area contributed by atoms with Gasteiger partial charge in [0, 0.05) is 65.2 Å². The van der Waals surface area contributed by atoms with Crippen LogP contribution in [0.5, 0.6) is 0 Å². The third-order valence-corrected chi connectivity index (χ3v) is 6.03. The normalized spacial score (nSPS) is 16.8. The van der Waals surface area contributed by atoms with E-state index < -0.39 is 5.54 Å². The lowest BCUT2D eigenvalue weighted by atomic mass is 9.87. The Labute approximate surface area is 200 Å². The lowest BCUT2D eigenvalue weighted by molar-refractivity contribution is -0.132. The average molecular weight is 469 g/mol. The molecule has 0 saturated carbocycles. The van der Waals surface area contributed by atoms with E-state index in [1.54, 1.807) is 0 Å². The molecule has 0 radical (unpaired) electrons. The molecule has 1 aliphatic rings. The molecule has 0 bridgehead atoms. The van der Waals surface area contributed by atoms with Gasteiger partial charge in [0.2, 0.25) is 17.7 Å². The standard InChI is InChI=1S/C24H48N6O3/c1-4-7-10-27-21(31)17-24(18-22(32)28-11-8-5-2)20-26-14-13-25-15-16-30(24)19-23(33)29-12-9-6-3/h25-26H,4-20H2,1-3H3,(H,27,31)(H,28,32)(H,29,33). The first kappa shape index (κ1) is 29.3. The quantitative estimate of drug-likeness (QED) is 0.227. The Bertz CT molecular complexity index is 548. The van der Waals surface area contributed by atoms with E-state index in [9.17, 15) is 14.4 Å². The van der Waals surface area contributed by atoms with Gasteiger partial charge in [-0.05, 0) is 19.3 Å². The Kier molecular flexibility index (Phi) is 15.7. The van der Waals surface area contributed by atoms with Crippen molar-refractivity contribution in [1.82, 2.24) is 31.5 Å². The molecule has 1 fully saturated rings. The van der Waals surface area contributed by atoms with Crippen LogP contribution in [-0.4, -0.2) is 87.1 Å². The summed E-state index contributed by atoms with van der Waals surface area (Å²) in [6, 6.07) is 0. The van der Waals surface area contributed by atoms with Crippen LogP contribution in [0, 0.1) is 0 Å². The van der Waals surface area contributed by atoms with E-state index in [-0.39, 0.29) is 37.1 Å². The molecule has 1 aliphatic heterocycles. The molecule has 3 amide bonds. The van der Waals surface area contributed by atoms with E-state index in [4.69, 9.17) is 0 Å². The third kappa shape index (κ3) is 12.4. The van der Waals surface area contributed by atoms with Gasteiger partial charge in [-0.1, -0.05) is 40.0 Å². The molecule has 0 aliphatic carbocycles. The van der Waals surface area contributed by atoms with E-state index in [2.05, 4.69) is 47.4 Å². The summed E-state index contributed by atoms with van der Waals surface area (Å²) in [5.74, 6) is -0.213. The van der Waals surface area contributed by atoms with E-state index in [1.165, 1.54) is 0 Å². The zero-order valence-corrected chi connectivity index (χ0v) is 21.2. The van der Waals surface area contributed by atoms with Gasteiger partial charge in [0.25, 0.3) is 0 Å². The fourth-order valence-electron chi connectivity index (χ4n) is 4.01. The van der Waals surface area contributed by atoms with Gasteiger partial charge in [0.15, 0.2) is 0 Å². The van der Waals surface area contributed by atoms with Gasteiger partial charge in [0.05, 0.1) is 12.1 Å². The predicted octanol–water partition coefficient (Wildman–Crippen LogP) is 0.749. The van der Waals surface area contributed by atoms with Crippen molar-refractivity contribution in [2.75, 3.05) is 58.9 Å². The minimum Gasteiger partial charge on any atom is -0.356 e. The number of hydrogen-bond acceptors (Lipinski definition) is 6. The molecular formula is C24H48N6O3. The number of nitrogens with one attached hydrogen (secondary N) is 5. The summed E-state index contributed by atoms with van der Waals surface area (Å²) in [5.41, 5.74) is -0.777. The monoisotopic (exact) mass is 468 g/mol. The topological polar surface area (TPSA) is 115 Å². The van der Waals surface area contributed by atoms with Crippen molar-refractivity contribution in [3.8, 4) is 0 Å². The second-order valence-electron chi connectivity index (χ2n) is 9.04. The predicted molar refractivity (Wildman–Crippen MR) is 133 cm³/mol. The highest BCUT2D eigenvalue weighted by Gasteiger charge is 2.41. The smallest absolute Gasteiger partial charge is 0.234 e. The van der Waals surface area contributed by atoms with Crippen LogP contribution in [0.15, 0.2) is 0 Å². The maximum atomic E-state index is 12.9. The van der Waals surface area contributed by atoms with Crippen LogP contribution < -0.4 is 26.6 Å². The Morgan fingerprint density at radius 1 is 0.727 bits per heavy atom. The summed E-state index contributed by atoms with van der Waals surface area (Å²) in [5, 5.41) is 15.8. The summed E-state index contributed by atoms with van der Waals surface area (Å²) >= 11 is 0. The molecule has 0 aromatic rings. The lowest BCUT2D eigenvalue weighted by Gasteiger charge is -2.43. The van der Waals surface area contributed by atoms with Crippen LogP contribution in [0.25, 0.3) is 0 Å². The molecule has 9 heteroatoms. The molecule has 0 spiro atoms. The minimum absolute atomic E-state index is 0.0649. The number of unbranched alkanes of at least 4 members (excludes halogenated alkanes) is 3. The molecule has 0 atom stereocenters. The average Bonchev–Trinajstić information content (AvgIpc) is 2.86. The molecule has 0 aromatic heterocycles. The van der Waals surface area contributed by atoms with Gasteiger partial charge >= 0.3 is 0 Å². The van der Waals surface area contributed by atoms with Crippen molar-refractivity contribution in [3.05, 3.63) is 0 Å². The SMILES string of the molecule is CCCCNC(=O)CN1CCNCCNCC1(CC(=O)NCCCC)CC(=O)NCCCC. The number of rotatable bonds is 15. The van der Waals surface area contributed by atoms with Crippen LogP contribution in [0.3, 0.4) is 0 Å². The summed E-state index contributed by atoms with van der Waals surface area (Å²) in [4.78, 5) is 40.7. The molecule has 0 unspecified atom stereocenters. The van der Waals surface area contributed by atoms with Crippen LogP contribution in [0.1, 0.15) is 72.1 Å². The van der Waals surface area contributed by atoms with Crippen molar-refractivity contribution in [2.45, 2.75) is 77.7 Å². The van der Waals surface area contributed by atoms with Crippen molar-refractivity contribution < 1.29 is 14.4 Å². The number of amides is 3. The highest BCUT2D eigenvalue weighted by molar-refractivity contribution is 5.82. The van der Waals surface area contributed by atoms with Gasteiger partial charge in [-0.2, -0.15) is 0 Å². The van der Waals surface area contributed by atoms with Crippen molar-refractivity contribution in [1.29, 1.82) is 0 Å². The fourth-order valence-corrected chi connectivity index (χ4v) is 4.01. The summed E-state index contributed by atoms with van der Waals surface area (Å²) in [6.45, 7) is 11.6. The maximum absolute atomic E-state index is 12.9. The van der Waals surface area contributed by atoms with Crippen LogP contribution in [0.2, 0.25) is 0 Å². The largest absolute Gasteiger partial charge is 0.356 e. The molecule has 9 nitrogen and oxygen atoms in total. The molecular weight excluding hydrogens is 420 g/mol. The Balaban J connectivity index is 3.10. The van der Waals surface area contributed by atoms with Crippen molar-refractivity contribution in [2.24, 2.45) is 0 Å². The van der Waals surface area contributed by atoms with Gasteiger partial charge in [-0.25, -0.2) is 0 Å². The first-order valence-electron chi connectivity index (χ1n) is 12.9. The lowest BCUT2D eigenvalue weighted by Crippen LogP contribution is -2.61. The van der Waals surface area contributed by atoms with E-state index in [1.807, 2.05) is 4.90 Å². The molecule has 33 heavy (non-hydrogen) atoms. The first-order chi connectivity index (χ1) is 16.0. The zero-order chi connectivity index (χ0) is 24.4. The molecule has 1 heterocycles. The van der Waals surface area contributed by atoms with Gasteiger partial charge in [-0.15, -0.1) is 0 Å². The van der Waals surface area contributed by atoms with Crippen LogP contribution in [0.4, 0.5) is 0 Å². The summed E-state index contributed by atoms with van der Waals surface area (Å²) < 4.78 is 0. The highest BCUT2D eigenvalue weighted by atomic mass is 16.2. The van der Waals surface area contributed by atoms with E-state index in [0.717, 1.165) is 51.6 Å². The molecule has 5 N–H and O–H groups in total. The molecule has 1 rings (SSSR count). The molecule has 1 saturated heterocycles. The van der Waals surface area contributed by atoms with E-state index in [0.29, 0.717) is 39.3 Å². The van der Waals surface area contributed by atoms with Gasteiger partial charge < -0.3 is 26.6 Å². The second-order valence-corrected chi connectivity index (χ2v) is 9.04. The molecule has 0 aromatic carbocycles. The zero-order valence-electron chi connectivity index (χ0n) is 21.2. The summed E-state index contributed by atoms with van der Waals surface area (Å²) in [6.07, 6.45) is 6.13. The maximum Gasteiger partial charge on any atom is 0.234 e. The Morgan fingerprint density at radius 3 is 1.73 bits per heavy atom. The number of nitrogens with zero attached hydrogens (tertiary/aromatic N) is 1. The van der Waals surface area contributed by atoms with Gasteiger partial charge in [0.1, 0.15) is 0 Å². The fraction of sp³-hybridized carbons (Fsp3) is 0.875. The van der Waals surface area contributed by atoms with Crippen molar-refractivity contribution >= 4 is 17.7 Å².